The highest BCUT2D eigenvalue weighted by molar-refractivity contribution is 9.10. The van der Waals surface area contributed by atoms with Crippen LogP contribution in [0.15, 0.2) is 22.7 Å². The summed E-state index contributed by atoms with van der Waals surface area (Å²) in [5, 5.41) is 0. The molecule has 1 aromatic rings. The van der Waals surface area contributed by atoms with E-state index in [0.717, 1.165) is 29.3 Å². The van der Waals surface area contributed by atoms with Crippen LogP contribution in [0.1, 0.15) is 31.7 Å². The van der Waals surface area contributed by atoms with Crippen LogP contribution in [0.25, 0.3) is 0 Å². The van der Waals surface area contributed by atoms with Gasteiger partial charge in [0.15, 0.2) is 0 Å². The molecular formula is C14H16BrFO. The van der Waals surface area contributed by atoms with Gasteiger partial charge in [-0.1, -0.05) is 28.9 Å². The Morgan fingerprint density at radius 1 is 1.47 bits per heavy atom. The number of hydrogen-bond acceptors (Lipinski definition) is 1. The van der Waals surface area contributed by atoms with E-state index in [2.05, 4.69) is 22.9 Å². The van der Waals surface area contributed by atoms with Crippen molar-refractivity contribution in [3.05, 3.63) is 34.1 Å². The molecule has 0 spiro atoms. The third-order valence-electron chi connectivity index (χ3n) is 3.51. The van der Waals surface area contributed by atoms with Crippen molar-refractivity contribution in [1.29, 1.82) is 0 Å². The minimum Gasteiger partial charge on any atom is -0.299 e. The molecule has 1 nitrogen and oxygen atoms in total. The molecule has 0 N–H and O–H groups in total. The Morgan fingerprint density at radius 3 is 2.94 bits per heavy atom. The molecule has 0 aromatic heterocycles. The largest absolute Gasteiger partial charge is 0.299 e. The van der Waals surface area contributed by atoms with Gasteiger partial charge in [0.05, 0.1) is 0 Å². The van der Waals surface area contributed by atoms with Crippen LogP contribution < -0.4 is 0 Å². The minimum atomic E-state index is -0.246. The summed E-state index contributed by atoms with van der Waals surface area (Å²) in [6.07, 6.45) is 3.40. The number of hydrogen-bond donors (Lipinski definition) is 0. The molecule has 0 amide bonds. The molecule has 0 heterocycles. The summed E-state index contributed by atoms with van der Waals surface area (Å²) in [4.78, 5) is 11.8. The molecule has 2 unspecified atom stereocenters. The lowest BCUT2D eigenvalue weighted by molar-refractivity contribution is -0.125. The van der Waals surface area contributed by atoms with Crippen LogP contribution in [-0.4, -0.2) is 5.78 Å². The molecule has 0 saturated heterocycles. The highest BCUT2D eigenvalue weighted by Gasteiger charge is 2.26. The Kier molecular flexibility index (Phi) is 3.97. The number of rotatable bonds is 2. The summed E-state index contributed by atoms with van der Waals surface area (Å²) in [6.45, 7) is 2.19. The van der Waals surface area contributed by atoms with Crippen molar-refractivity contribution >= 4 is 21.7 Å². The molecular weight excluding hydrogens is 283 g/mol. The lowest BCUT2D eigenvalue weighted by atomic mass is 9.78. The number of benzene rings is 1. The Hall–Kier alpha value is -0.700. The number of carbonyl (C=O) groups is 1. The first-order valence-electron chi connectivity index (χ1n) is 6.03. The third-order valence-corrected chi connectivity index (χ3v) is 4.25. The predicted molar refractivity (Wildman–Crippen MR) is 69.3 cm³/mol. The monoisotopic (exact) mass is 298 g/mol. The van der Waals surface area contributed by atoms with E-state index in [1.165, 1.54) is 12.1 Å². The van der Waals surface area contributed by atoms with Crippen LogP contribution in [0, 0.1) is 17.7 Å². The topological polar surface area (TPSA) is 17.1 Å². The van der Waals surface area contributed by atoms with Crippen molar-refractivity contribution in [1.82, 2.24) is 0 Å². The quantitative estimate of drug-likeness (QED) is 0.802. The SMILES string of the molecule is CC1CCC(=O)C(Cc2ccc(F)cc2Br)C1. The molecule has 1 aliphatic rings. The van der Waals surface area contributed by atoms with Gasteiger partial charge in [0.1, 0.15) is 11.6 Å². The standard InChI is InChI=1S/C14H16BrFO/c1-9-2-5-14(17)11(6-9)7-10-3-4-12(16)8-13(10)15/h3-4,8-9,11H,2,5-7H2,1H3. The summed E-state index contributed by atoms with van der Waals surface area (Å²) < 4.78 is 13.7. The maximum atomic E-state index is 13.0. The first-order valence-corrected chi connectivity index (χ1v) is 6.82. The van der Waals surface area contributed by atoms with Crippen molar-refractivity contribution in [2.24, 2.45) is 11.8 Å². The number of Topliss-reactive ketones (excluding diaryl/α,β-unsaturated/α-hetero) is 1. The smallest absolute Gasteiger partial charge is 0.136 e. The van der Waals surface area contributed by atoms with Gasteiger partial charge in [-0.15, -0.1) is 0 Å². The number of ketones is 1. The van der Waals surface area contributed by atoms with Crippen molar-refractivity contribution in [2.45, 2.75) is 32.6 Å². The first kappa shape index (κ1) is 12.7. The molecule has 2 rings (SSSR count). The lowest BCUT2D eigenvalue weighted by Gasteiger charge is -2.25. The molecule has 2 atom stereocenters. The van der Waals surface area contributed by atoms with Gasteiger partial charge in [0.25, 0.3) is 0 Å². The Balaban J connectivity index is 2.11. The van der Waals surface area contributed by atoms with Crippen LogP contribution >= 0.6 is 15.9 Å². The molecule has 1 aliphatic carbocycles. The van der Waals surface area contributed by atoms with Gasteiger partial charge in [-0.05, 0) is 42.9 Å². The molecule has 0 aliphatic heterocycles. The van der Waals surface area contributed by atoms with Crippen molar-refractivity contribution in [3.8, 4) is 0 Å². The Bertz CT molecular complexity index is 430. The summed E-state index contributed by atoms with van der Waals surface area (Å²) >= 11 is 3.36. The highest BCUT2D eigenvalue weighted by atomic mass is 79.9. The number of carbonyl (C=O) groups excluding carboxylic acids is 1. The normalized spacial score (nSPS) is 25.0. The Morgan fingerprint density at radius 2 is 2.24 bits per heavy atom. The van der Waals surface area contributed by atoms with Crippen molar-refractivity contribution in [2.75, 3.05) is 0 Å². The fourth-order valence-corrected chi connectivity index (χ4v) is 2.99. The third kappa shape index (κ3) is 3.15. The molecule has 17 heavy (non-hydrogen) atoms. The fourth-order valence-electron chi connectivity index (χ4n) is 2.48. The maximum Gasteiger partial charge on any atom is 0.136 e. The zero-order valence-corrected chi connectivity index (χ0v) is 11.5. The van der Waals surface area contributed by atoms with Gasteiger partial charge in [-0.25, -0.2) is 4.39 Å². The van der Waals surface area contributed by atoms with Gasteiger partial charge >= 0.3 is 0 Å². The van der Waals surface area contributed by atoms with Gasteiger partial charge in [0.2, 0.25) is 0 Å². The molecule has 92 valence electrons. The fraction of sp³-hybridized carbons (Fsp3) is 0.500. The van der Waals surface area contributed by atoms with E-state index in [4.69, 9.17) is 0 Å². The number of halogens is 2. The highest BCUT2D eigenvalue weighted by Crippen LogP contribution is 2.30. The summed E-state index contributed by atoms with van der Waals surface area (Å²) in [5.74, 6) is 0.848. The van der Waals surface area contributed by atoms with Crippen LogP contribution in [-0.2, 0) is 11.2 Å². The Labute approximate surface area is 110 Å². The van der Waals surface area contributed by atoms with Crippen molar-refractivity contribution in [3.63, 3.8) is 0 Å². The summed E-state index contributed by atoms with van der Waals surface area (Å²) in [6, 6.07) is 4.69. The van der Waals surface area contributed by atoms with E-state index < -0.39 is 0 Å². The van der Waals surface area contributed by atoms with E-state index in [0.29, 0.717) is 18.1 Å². The molecule has 0 radical (unpaired) electrons. The van der Waals surface area contributed by atoms with Crippen LogP contribution in [0.4, 0.5) is 4.39 Å². The summed E-state index contributed by atoms with van der Waals surface area (Å²) in [7, 11) is 0. The second kappa shape index (κ2) is 5.30. The zero-order chi connectivity index (χ0) is 12.4. The van der Waals surface area contributed by atoms with Crippen molar-refractivity contribution < 1.29 is 9.18 Å². The second-order valence-electron chi connectivity index (χ2n) is 4.98. The first-order chi connectivity index (χ1) is 8.06. The molecule has 0 bridgehead atoms. The molecule has 1 fully saturated rings. The average molecular weight is 299 g/mol. The maximum absolute atomic E-state index is 13.0. The molecule has 1 saturated carbocycles. The minimum absolute atomic E-state index is 0.112. The lowest BCUT2D eigenvalue weighted by Crippen LogP contribution is -2.25. The van der Waals surface area contributed by atoms with Crippen LogP contribution in [0.3, 0.4) is 0 Å². The van der Waals surface area contributed by atoms with E-state index in [1.807, 2.05) is 0 Å². The van der Waals surface area contributed by atoms with E-state index >= 15 is 0 Å². The van der Waals surface area contributed by atoms with E-state index in [9.17, 15) is 9.18 Å². The zero-order valence-electron chi connectivity index (χ0n) is 9.88. The molecule has 3 heteroatoms. The summed E-state index contributed by atoms with van der Waals surface area (Å²) in [5.41, 5.74) is 1.03. The average Bonchev–Trinajstić information content (AvgIpc) is 2.27. The van der Waals surface area contributed by atoms with Gasteiger partial charge in [0, 0.05) is 16.8 Å². The predicted octanol–water partition coefficient (Wildman–Crippen LogP) is 4.14. The van der Waals surface area contributed by atoms with E-state index in [1.54, 1.807) is 6.07 Å². The van der Waals surface area contributed by atoms with Crippen LogP contribution in [0.2, 0.25) is 0 Å². The van der Waals surface area contributed by atoms with Gasteiger partial charge in [-0.2, -0.15) is 0 Å². The second-order valence-corrected chi connectivity index (χ2v) is 5.84. The van der Waals surface area contributed by atoms with Gasteiger partial charge in [-0.3, -0.25) is 4.79 Å². The van der Waals surface area contributed by atoms with E-state index in [-0.39, 0.29) is 11.7 Å². The molecule has 1 aromatic carbocycles. The van der Waals surface area contributed by atoms with Crippen LogP contribution in [0.5, 0.6) is 0 Å². The van der Waals surface area contributed by atoms with Gasteiger partial charge < -0.3 is 0 Å².